The van der Waals surface area contributed by atoms with Gasteiger partial charge in [-0.2, -0.15) is 4.73 Å². The van der Waals surface area contributed by atoms with E-state index < -0.39 is 0 Å². The molecular weight excluding hydrogens is 244 g/mol. The second kappa shape index (κ2) is 4.76. The maximum Gasteiger partial charge on any atom is 0.292 e. The monoisotopic (exact) mass is 261 g/mol. The molecule has 19 heavy (non-hydrogen) atoms. The molecule has 0 fully saturated rings. The van der Waals surface area contributed by atoms with E-state index in [2.05, 4.69) is 0 Å². The summed E-state index contributed by atoms with van der Waals surface area (Å²) in [6, 6.07) is 7.16. The highest BCUT2D eigenvalue weighted by Gasteiger charge is 2.24. The van der Waals surface area contributed by atoms with Crippen LogP contribution in [0.3, 0.4) is 0 Å². The van der Waals surface area contributed by atoms with Gasteiger partial charge in [0, 0.05) is 11.8 Å². The number of ether oxygens (including phenoxy) is 1. The van der Waals surface area contributed by atoms with Crippen molar-refractivity contribution in [2.24, 2.45) is 0 Å². The van der Waals surface area contributed by atoms with E-state index in [1.807, 2.05) is 0 Å². The molecule has 5 heteroatoms. The lowest BCUT2D eigenvalue weighted by Crippen LogP contribution is -2.28. The molecule has 0 radical (unpaired) electrons. The van der Waals surface area contributed by atoms with Gasteiger partial charge in [0.05, 0.1) is 17.1 Å². The smallest absolute Gasteiger partial charge is 0.292 e. The second-order valence-corrected chi connectivity index (χ2v) is 4.44. The average Bonchev–Trinajstić information content (AvgIpc) is 2.44. The van der Waals surface area contributed by atoms with Crippen molar-refractivity contribution in [3.05, 3.63) is 46.3 Å². The third-order valence-electron chi connectivity index (χ3n) is 3.37. The summed E-state index contributed by atoms with van der Waals surface area (Å²) in [7, 11) is 1.59. The molecule has 0 saturated heterocycles. The van der Waals surface area contributed by atoms with Crippen molar-refractivity contribution in [3.8, 4) is 17.0 Å². The molecule has 2 aromatic rings. The molecule has 0 aliphatic rings. The van der Waals surface area contributed by atoms with Crippen LogP contribution in [0.5, 0.6) is 5.75 Å². The van der Waals surface area contributed by atoms with Gasteiger partial charge in [-0.05, 0) is 38.1 Å². The molecule has 1 aromatic heterocycles. The normalized spacial score (nSPS) is 10.5. The van der Waals surface area contributed by atoms with E-state index >= 15 is 0 Å². The fourth-order valence-electron chi connectivity index (χ4n) is 2.04. The summed E-state index contributed by atoms with van der Waals surface area (Å²) in [6.45, 7) is 5.09. The van der Waals surface area contributed by atoms with Crippen LogP contribution in [0.15, 0.2) is 24.3 Å². The van der Waals surface area contributed by atoms with E-state index in [0.717, 1.165) is 20.5 Å². The molecule has 1 heterocycles. The Morgan fingerprint density at radius 1 is 1.11 bits per heavy atom. The predicted octanol–water partition coefficient (Wildman–Crippen LogP) is 2.24. The summed E-state index contributed by atoms with van der Waals surface area (Å²) in [5.74, 6) is 0.722. The zero-order valence-corrected chi connectivity index (χ0v) is 11.5. The van der Waals surface area contributed by atoms with E-state index in [1.165, 1.54) is 0 Å². The summed E-state index contributed by atoms with van der Waals surface area (Å²) in [5.41, 5.74) is 2.68. The minimum absolute atomic E-state index is 0.438. The first-order chi connectivity index (χ1) is 8.97. The highest BCUT2D eigenvalue weighted by Crippen LogP contribution is 2.22. The van der Waals surface area contributed by atoms with Crippen molar-refractivity contribution in [1.29, 1.82) is 0 Å². The Labute approximate surface area is 111 Å². The third kappa shape index (κ3) is 2.07. The van der Waals surface area contributed by atoms with Crippen molar-refractivity contribution in [3.63, 3.8) is 0 Å². The molecule has 0 aliphatic heterocycles. The number of nitrogens with zero attached hydrogens (tertiary/aromatic N) is 2. The van der Waals surface area contributed by atoms with Crippen molar-refractivity contribution in [2.75, 3.05) is 7.11 Å². The van der Waals surface area contributed by atoms with Crippen LogP contribution in [0.1, 0.15) is 17.1 Å². The van der Waals surface area contributed by atoms with Crippen molar-refractivity contribution in [1.82, 2.24) is 4.73 Å². The lowest BCUT2D eigenvalue weighted by atomic mass is 10.1. The minimum atomic E-state index is 0.438. The molecule has 0 spiro atoms. The Bertz CT molecular complexity index is 673. The molecule has 2 rings (SSSR count). The highest BCUT2D eigenvalue weighted by atomic mass is 16.5. The summed E-state index contributed by atoms with van der Waals surface area (Å²) in [5, 5.41) is 9.99. The fraction of sp³-hybridized carbons (Fsp3) is 0.286. The number of methoxy groups -OCH3 is 1. The minimum Gasteiger partial charge on any atom is -0.497 e. The third-order valence-corrected chi connectivity index (χ3v) is 3.37. The molecule has 5 nitrogen and oxygen atoms in total. The van der Waals surface area contributed by atoms with Gasteiger partial charge in [-0.25, -0.2) is 0 Å². The van der Waals surface area contributed by atoms with Gasteiger partial charge in [0.1, 0.15) is 17.1 Å². The van der Waals surface area contributed by atoms with Gasteiger partial charge in [-0.1, -0.05) is 0 Å². The van der Waals surface area contributed by atoms with Crippen LogP contribution in [0.25, 0.3) is 11.3 Å². The zero-order chi connectivity index (χ0) is 14.2. The van der Waals surface area contributed by atoms with Crippen molar-refractivity contribution < 1.29 is 14.4 Å². The Morgan fingerprint density at radius 2 is 1.68 bits per heavy atom. The SMILES string of the molecule is COc1ccc(-c2c(C)n(O)c(C)c(C)[n+]2=O)cc1. The Balaban J connectivity index is 2.71. The van der Waals surface area contributed by atoms with E-state index in [1.54, 1.807) is 52.1 Å². The van der Waals surface area contributed by atoms with E-state index in [4.69, 9.17) is 4.74 Å². The van der Waals surface area contributed by atoms with Crippen LogP contribution >= 0.6 is 0 Å². The van der Waals surface area contributed by atoms with Crippen LogP contribution < -0.4 is 9.16 Å². The van der Waals surface area contributed by atoms with Gasteiger partial charge in [-0.3, -0.25) is 0 Å². The summed E-state index contributed by atoms with van der Waals surface area (Å²) < 4.78 is 6.98. The van der Waals surface area contributed by atoms with Crippen LogP contribution in [-0.4, -0.2) is 17.0 Å². The van der Waals surface area contributed by atoms with Gasteiger partial charge in [0.15, 0.2) is 0 Å². The summed E-state index contributed by atoms with van der Waals surface area (Å²) >= 11 is 0. The lowest BCUT2D eigenvalue weighted by molar-refractivity contribution is -0.493. The number of aromatic nitrogens is 2. The van der Waals surface area contributed by atoms with Crippen molar-refractivity contribution in [2.45, 2.75) is 20.8 Å². The predicted molar refractivity (Wildman–Crippen MR) is 71.2 cm³/mol. The molecule has 0 unspecified atom stereocenters. The van der Waals surface area contributed by atoms with E-state index in [-0.39, 0.29) is 0 Å². The second-order valence-electron chi connectivity index (χ2n) is 4.44. The molecule has 100 valence electrons. The largest absolute Gasteiger partial charge is 0.497 e. The van der Waals surface area contributed by atoms with Gasteiger partial charge in [0.2, 0.25) is 0 Å². The summed E-state index contributed by atoms with van der Waals surface area (Å²) in [6.07, 6.45) is 0. The maximum atomic E-state index is 12.3. The Hall–Kier alpha value is -2.30. The molecule has 0 saturated carbocycles. The number of rotatable bonds is 2. The van der Waals surface area contributed by atoms with Crippen molar-refractivity contribution >= 4 is 0 Å². The zero-order valence-electron chi connectivity index (χ0n) is 11.5. The molecule has 0 amide bonds. The standard InChI is InChI=1S/C14H17N2O3/c1-9-10(2)16(18)14(11(3)15(9)17)12-5-7-13(19-4)8-6-12/h5-8,17H,1-4H3/q+1. The Kier molecular flexibility index (Phi) is 3.29. The number of benzene rings is 1. The van der Waals surface area contributed by atoms with Crippen LogP contribution in [0.2, 0.25) is 0 Å². The quantitative estimate of drug-likeness (QED) is 0.666. The number of hydrogen-bond acceptors (Lipinski definition) is 3. The molecule has 1 aromatic carbocycles. The molecule has 0 bridgehead atoms. The molecule has 0 atom stereocenters. The van der Waals surface area contributed by atoms with E-state index in [9.17, 15) is 10.1 Å². The maximum absolute atomic E-state index is 12.3. The first-order valence-electron chi connectivity index (χ1n) is 5.96. The summed E-state index contributed by atoms with van der Waals surface area (Å²) in [4.78, 5) is 12.3. The van der Waals surface area contributed by atoms with Gasteiger partial charge in [0.25, 0.3) is 11.4 Å². The van der Waals surface area contributed by atoms with Gasteiger partial charge >= 0.3 is 0 Å². The fourth-order valence-corrected chi connectivity index (χ4v) is 2.04. The Morgan fingerprint density at radius 3 is 2.21 bits per heavy atom. The number of hydrogen-bond donors (Lipinski definition) is 1. The van der Waals surface area contributed by atoms with Gasteiger partial charge in [-0.15, -0.1) is 0 Å². The average molecular weight is 261 g/mol. The van der Waals surface area contributed by atoms with Crippen LogP contribution in [0.4, 0.5) is 0 Å². The molecular formula is C14H17N2O3+. The first-order valence-corrected chi connectivity index (χ1v) is 5.96. The highest BCUT2D eigenvalue weighted by molar-refractivity contribution is 5.59. The molecule has 0 aliphatic carbocycles. The van der Waals surface area contributed by atoms with Gasteiger partial charge < -0.3 is 9.94 Å². The van der Waals surface area contributed by atoms with E-state index in [0.29, 0.717) is 22.8 Å². The molecule has 1 N–H and O–H groups in total. The topological polar surface area (TPSA) is 57.4 Å². The lowest BCUT2D eigenvalue weighted by Gasteiger charge is -2.08. The van der Waals surface area contributed by atoms with Crippen LogP contribution in [0, 0.1) is 25.7 Å². The first kappa shape index (κ1) is 13.1. The van der Waals surface area contributed by atoms with Crippen LogP contribution in [-0.2, 0) is 0 Å².